The van der Waals surface area contributed by atoms with E-state index in [0.717, 1.165) is 16.5 Å². The van der Waals surface area contributed by atoms with Crippen LogP contribution in [0.3, 0.4) is 0 Å². The molecule has 168 valence electrons. The van der Waals surface area contributed by atoms with Crippen LogP contribution in [0.1, 0.15) is 49.5 Å². The van der Waals surface area contributed by atoms with E-state index in [9.17, 15) is 24.5 Å². The molecule has 3 rings (SSSR count). The molecule has 8 nitrogen and oxygen atoms in total. The van der Waals surface area contributed by atoms with Crippen molar-refractivity contribution in [3.63, 3.8) is 0 Å². The molecule has 1 atom stereocenters. The molecule has 9 heteroatoms. The van der Waals surface area contributed by atoms with E-state index in [1.807, 2.05) is 13.8 Å². The normalized spacial score (nSPS) is 16.4. The summed E-state index contributed by atoms with van der Waals surface area (Å²) in [5, 5.41) is 11.2. The average Bonchev–Trinajstić information content (AvgIpc) is 3.02. The third kappa shape index (κ3) is 4.23. The van der Waals surface area contributed by atoms with Crippen LogP contribution < -0.4 is 4.90 Å². The molecule has 1 heterocycles. The minimum atomic E-state index is -1.03. The number of halogens is 1. The fourth-order valence-electron chi connectivity index (χ4n) is 3.72. The Kier molecular flexibility index (Phi) is 6.37. The number of benzene rings is 2. The van der Waals surface area contributed by atoms with Crippen molar-refractivity contribution in [1.82, 2.24) is 4.90 Å². The van der Waals surface area contributed by atoms with E-state index in [1.54, 1.807) is 38.1 Å². The van der Waals surface area contributed by atoms with Gasteiger partial charge in [-0.1, -0.05) is 36.2 Å². The van der Waals surface area contributed by atoms with Gasteiger partial charge in [-0.2, -0.15) is 0 Å². The SMILES string of the molecule is CCC(C)(C)N(C(=O)c1ccc(Cl)c([N+](=O)[O-])c1)C1CC(=O)N(c2ccc(C)cc2)C1=O. The van der Waals surface area contributed by atoms with Gasteiger partial charge >= 0.3 is 0 Å². The van der Waals surface area contributed by atoms with Gasteiger partial charge in [-0.25, -0.2) is 4.90 Å². The Balaban J connectivity index is 2.03. The highest BCUT2D eigenvalue weighted by Gasteiger charge is 2.48. The summed E-state index contributed by atoms with van der Waals surface area (Å²) >= 11 is 5.89. The fraction of sp³-hybridized carbons (Fsp3) is 0.348. The van der Waals surface area contributed by atoms with Gasteiger partial charge in [0.15, 0.2) is 0 Å². The largest absolute Gasteiger partial charge is 0.321 e. The highest BCUT2D eigenvalue weighted by atomic mass is 35.5. The quantitative estimate of drug-likeness (QED) is 0.360. The maximum atomic E-state index is 13.5. The highest BCUT2D eigenvalue weighted by Crippen LogP contribution is 2.34. The molecule has 1 fully saturated rings. The number of rotatable bonds is 6. The number of amides is 3. The number of imide groups is 1. The first-order valence-electron chi connectivity index (χ1n) is 10.2. The molecule has 1 unspecified atom stereocenters. The molecule has 0 aliphatic carbocycles. The van der Waals surface area contributed by atoms with Crippen LogP contribution in [0, 0.1) is 17.0 Å². The zero-order valence-electron chi connectivity index (χ0n) is 18.3. The third-order valence-electron chi connectivity index (χ3n) is 5.85. The van der Waals surface area contributed by atoms with Crippen molar-refractivity contribution in [3.05, 3.63) is 68.7 Å². The standard InChI is InChI=1S/C23H24ClN3O5/c1-5-23(3,4)26(21(29)15-8-11-17(24)18(12-15)27(31)32)19-13-20(28)25(22(19)30)16-9-6-14(2)7-10-16/h6-12,19H,5,13H2,1-4H3. The molecule has 2 aromatic carbocycles. The second kappa shape index (κ2) is 8.70. The number of nitro groups is 1. The van der Waals surface area contributed by atoms with Crippen molar-refractivity contribution < 1.29 is 19.3 Å². The van der Waals surface area contributed by atoms with E-state index in [2.05, 4.69) is 0 Å². The van der Waals surface area contributed by atoms with Crippen molar-refractivity contribution in [3.8, 4) is 0 Å². The van der Waals surface area contributed by atoms with Gasteiger partial charge in [-0.3, -0.25) is 24.5 Å². The number of hydrogen-bond donors (Lipinski definition) is 0. The molecule has 1 aliphatic rings. The first-order chi connectivity index (χ1) is 15.0. The molecule has 2 aromatic rings. The molecule has 0 N–H and O–H groups in total. The molecule has 0 aromatic heterocycles. The topological polar surface area (TPSA) is 101 Å². The summed E-state index contributed by atoms with van der Waals surface area (Å²) in [6.45, 7) is 7.35. The average molecular weight is 458 g/mol. The number of nitrogens with zero attached hydrogens (tertiary/aromatic N) is 3. The Labute approximate surface area is 190 Å². The predicted molar refractivity (Wildman–Crippen MR) is 121 cm³/mol. The first kappa shape index (κ1) is 23.4. The molecule has 0 bridgehead atoms. The minimum absolute atomic E-state index is 0.0247. The first-order valence-corrected chi connectivity index (χ1v) is 10.6. The zero-order chi connectivity index (χ0) is 23.8. The number of nitro benzene ring substituents is 1. The number of carbonyl (C=O) groups is 3. The molecular weight excluding hydrogens is 434 g/mol. The Morgan fingerprint density at radius 3 is 2.41 bits per heavy atom. The smallest absolute Gasteiger partial charge is 0.288 e. The lowest BCUT2D eigenvalue weighted by molar-refractivity contribution is -0.384. The zero-order valence-corrected chi connectivity index (χ0v) is 19.0. The maximum absolute atomic E-state index is 13.5. The second-order valence-corrected chi connectivity index (χ2v) is 8.79. The molecule has 0 radical (unpaired) electrons. The van der Waals surface area contributed by atoms with Crippen LogP contribution in [-0.2, 0) is 9.59 Å². The number of hydrogen-bond acceptors (Lipinski definition) is 5. The maximum Gasteiger partial charge on any atom is 0.288 e. The molecule has 0 spiro atoms. The molecule has 1 saturated heterocycles. The third-order valence-corrected chi connectivity index (χ3v) is 6.17. The van der Waals surface area contributed by atoms with Gasteiger partial charge < -0.3 is 4.90 Å². The van der Waals surface area contributed by atoms with Gasteiger partial charge in [0.1, 0.15) is 11.1 Å². The van der Waals surface area contributed by atoms with Crippen LogP contribution in [0.15, 0.2) is 42.5 Å². The second-order valence-electron chi connectivity index (χ2n) is 8.39. The van der Waals surface area contributed by atoms with Crippen molar-refractivity contribution in [2.45, 2.75) is 52.1 Å². The Bertz CT molecular complexity index is 1100. The van der Waals surface area contributed by atoms with Gasteiger partial charge in [0.2, 0.25) is 5.91 Å². The summed E-state index contributed by atoms with van der Waals surface area (Å²) in [7, 11) is 0. The van der Waals surface area contributed by atoms with Crippen LogP contribution in [0.4, 0.5) is 11.4 Å². The van der Waals surface area contributed by atoms with E-state index in [0.29, 0.717) is 12.1 Å². The monoisotopic (exact) mass is 457 g/mol. The lowest BCUT2D eigenvalue weighted by Crippen LogP contribution is -2.55. The number of anilines is 1. The fourth-order valence-corrected chi connectivity index (χ4v) is 3.90. The molecule has 32 heavy (non-hydrogen) atoms. The van der Waals surface area contributed by atoms with E-state index in [1.165, 1.54) is 17.0 Å². The molecule has 3 amide bonds. The van der Waals surface area contributed by atoms with Gasteiger partial charge in [0.05, 0.1) is 17.0 Å². The molecule has 0 saturated carbocycles. The van der Waals surface area contributed by atoms with Crippen LogP contribution in [0.2, 0.25) is 5.02 Å². The number of aryl methyl sites for hydroxylation is 1. The van der Waals surface area contributed by atoms with Crippen molar-refractivity contribution in [1.29, 1.82) is 0 Å². The lowest BCUT2D eigenvalue weighted by Gasteiger charge is -2.41. The Morgan fingerprint density at radius 2 is 1.84 bits per heavy atom. The lowest BCUT2D eigenvalue weighted by atomic mass is 9.94. The van der Waals surface area contributed by atoms with Gasteiger partial charge in [-0.15, -0.1) is 0 Å². The van der Waals surface area contributed by atoms with Crippen molar-refractivity contribution in [2.75, 3.05) is 4.90 Å². The van der Waals surface area contributed by atoms with Gasteiger partial charge in [0, 0.05) is 17.2 Å². The van der Waals surface area contributed by atoms with Gasteiger partial charge in [0.25, 0.3) is 17.5 Å². The van der Waals surface area contributed by atoms with E-state index < -0.39 is 39.9 Å². The molecular formula is C23H24ClN3O5. The van der Waals surface area contributed by atoms with E-state index >= 15 is 0 Å². The van der Waals surface area contributed by atoms with Crippen LogP contribution in [0.5, 0.6) is 0 Å². The van der Waals surface area contributed by atoms with Crippen molar-refractivity contribution >= 4 is 40.7 Å². The highest BCUT2D eigenvalue weighted by molar-refractivity contribution is 6.32. The predicted octanol–water partition coefficient (Wildman–Crippen LogP) is 4.52. The van der Waals surface area contributed by atoms with E-state index in [-0.39, 0.29) is 17.0 Å². The van der Waals surface area contributed by atoms with Crippen LogP contribution in [0.25, 0.3) is 0 Å². The van der Waals surface area contributed by atoms with Crippen LogP contribution in [-0.4, -0.2) is 39.1 Å². The van der Waals surface area contributed by atoms with Crippen molar-refractivity contribution in [2.24, 2.45) is 0 Å². The van der Waals surface area contributed by atoms with E-state index in [4.69, 9.17) is 11.6 Å². The van der Waals surface area contributed by atoms with Gasteiger partial charge in [-0.05, 0) is 51.5 Å². The Hall–Kier alpha value is -3.26. The summed E-state index contributed by atoms with van der Waals surface area (Å²) in [5.74, 6) is -1.48. The van der Waals surface area contributed by atoms with Crippen LogP contribution >= 0.6 is 11.6 Å². The summed E-state index contributed by atoms with van der Waals surface area (Å²) in [6, 6.07) is 9.72. The molecule has 1 aliphatic heterocycles. The minimum Gasteiger partial charge on any atom is -0.321 e. The summed E-state index contributed by atoms with van der Waals surface area (Å²) in [5.41, 5.74) is 0.253. The summed E-state index contributed by atoms with van der Waals surface area (Å²) in [6.07, 6.45) is 0.328. The Morgan fingerprint density at radius 1 is 1.22 bits per heavy atom. The summed E-state index contributed by atoms with van der Waals surface area (Å²) in [4.78, 5) is 52.8. The summed E-state index contributed by atoms with van der Waals surface area (Å²) < 4.78 is 0. The number of carbonyl (C=O) groups excluding carboxylic acids is 3.